The molecule has 1 aromatic heterocycles. The number of ether oxygens (including phenoxy) is 6. The maximum Gasteiger partial charge on any atom is 0.239 e. The lowest BCUT2D eigenvalue weighted by molar-refractivity contribution is -0.352. The largest absolute Gasteiger partial charge is 0.507 e. The van der Waals surface area contributed by atoms with Crippen LogP contribution in [0, 0.1) is 0 Å². The normalized spacial score (nSPS) is 33.2. The first kappa shape index (κ1) is 33.2. The molecule has 10 atom stereocenters. The molecule has 0 unspecified atom stereocenters. The topological polar surface area (TPSA) is 207 Å². The summed E-state index contributed by atoms with van der Waals surface area (Å²) in [5, 5.41) is 63.6. The van der Waals surface area contributed by atoms with Crippen LogP contribution in [0.4, 0.5) is 0 Å². The Hall–Kier alpha value is -3.73. The van der Waals surface area contributed by atoms with Gasteiger partial charge in [0.15, 0.2) is 23.7 Å². The molecule has 0 aliphatic carbocycles. The van der Waals surface area contributed by atoms with Gasteiger partial charge in [-0.15, -0.1) is 0 Å². The molecule has 2 aromatic carbocycles. The van der Waals surface area contributed by atoms with E-state index in [0.29, 0.717) is 22.6 Å². The van der Waals surface area contributed by atoms with Crippen molar-refractivity contribution in [1.29, 1.82) is 0 Å². The van der Waals surface area contributed by atoms with Gasteiger partial charge in [0, 0.05) is 11.6 Å². The Kier molecular flexibility index (Phi) is 8.74. The quantitative estimate of drug-likeness (QED) is 0.222. The summed E-state index contributed by atoms with van der Waals surface area (Å²) in [5.74, 6) is -0.125. The first-order valence-corrected chi connectivity index (χ1v) is 15.1. The van der Waals surface area contributed by atoms with Crippen molar-refractivity contribution in [3.8, 4) is 34.3 Å². The van der Waals surface area contributed by atoms with Gasteiger partial charge in [0.2, 0.25) is 17.5 Å². The molecule has 6 N–H and O–H groups in total. The molecule has 0 radical (unpaired) electrons. The van der Waals surface area contributed by atoms with E-state index in [1.165, 1.54) is 27.0 Å². The van der Waals surface area contributed by atoms with Gasteiger partial charge in [-0.05, 0) is 64.1 Å². The highest BCUT2D eigenvalue weighted by molar-refractivity contribution is 5.95. The first-order valence-electron chi connectivity index (χ1n) is 15.1. The number of phenols is 1. The number of fused-ring (bicyclic) bond motifs is 3. The maximum absolute atomic E-state index is 14.3. The van der Waals surface area contributed by atoms with Crippen molar-refractivity contribution in [2.45, 2.75) is 94.7 Å². The number of hydrogen-bond acceptors (Lipinski definition) is 14. The molecule has 254 valence electrons. The predicted molar refractivity (Wildman–Crippen MR) is 164 cm³/mol. The average Bonchev–Trinajstić information content (AvgIpc) is 3.03. The number of aliphatic hydroxyl groups is 5. The zero-order valence-electron chi connectivity index (χ0n) is 26.3. The van der Waals surface area contributed by atoms with Gasteiger partial charge in [-0.1, -0.05) is 0 Å². The van der Waals surface area contributed by atoms with E-state index >= 15 is 0 Å². The lowest BCUT2D eigenvalue weighted by Gasteiger charge is -2.45. The minimum atomic E-state index is -1.76. The highest BCUT2D eigenvalue weighted by atomic mass is 16.8. The van der Waals surface area contributed by atoms with Crippen molar-refractivity contribution in [3.63, 3.8) is 0 Å². The van der Waals surface area contributed by atoms with Gasteiger partial charge in [-0.3, -0.25) is 4.79 Å². The number of aromatic hydroxyl groups is 1. The van der Waals surface area contributed by atoms with E-state index in [1.54, 1.807) is 36.4 Å². The Labute approximate surface area is 268 Å². The summed E-state index contributed by atoms with van der Waals surface area (Å²) in [5.41, 5.74) is -0.677. The fourth-order valence-electron chi connectivity index (χ4n) is 5.85. The van der Waals surface area contributed by atoms with Crippen LogP contribution < -0.4 is 19.6 Å². The molecule has 0 bridgehead atoms. The minimum Gasteiger partial charge on any atom is -0.507 e. The van der Waals surface area contributed by atoms with E-state index in [4.69, 9.17) is 32.8 Å². The van der Waals surface area contributed by atoms with Crippen LogP contribution in [0.1, 0.15) is 33.3 Å². The van der Waals surface area contributed by atoms with Gasteiger partial charge in [-0.25, -0.2) is 0 Å². The van der Waals surface area contributed by atoms with Crippen molar-refractivity contribution >= 4 is 17.0 Å². The SMILES string of the molecule is COc1ccc(-c2oc3c4c(cc(O)c3c(=O)c2O[C@@H]2O[C@H](C)[C@@H](O)[C@H](O)[C@@H]2O[C@H]2O[C@H](C)[C@@H](O)[C@H](O)[C@@H]2O)OC(C)(C)C=C4)cc1. The van der Waals surface area contributed by atoms with Crippen LogP contribution in [-0.4, -0.2) is 105 Å². The van der Waals surface area contributed by atoms with Crippen molar-refractivity contribution in [2.75, 3.05) is 7.11 Å². The van der Waals surface area contributed by atoms with Gasteiger partial charge < -0.3 is 63.5 Å². The van der Waals surface area contributed by atoms with Gasteiger partial charge in [0.1, 0.15) is 58.8 Å². The molecule has 3 aromatic rings. The number of aliphatic hydroxyl groups excluding tert-OH is 5. The molecule has 0 spiro atoms. The third-order valence-corrected chi connectivity index (χ3v) is 8.60. The molecule has 14 heteroatoms. The Morgan fingerprint density at radius 2 is 1.49 bits per heavy atom. The summed E-state index contributed by atoms with van der Waals surface area (Å²) in [6, 6.07) is 7.83. The second-order valence-electron chi connectivity index (χ2n) is 12.5. The standard InChI is InChI=1S/C33H38O14/c1-13-21(35)24(38)26(40)31(42-13)46-30-25(39)22(36)14(2)43-32(30)45-29-23(37)20-18(34)12-19-17(10-11-33(3,4)47-19)28(20)44-27(29)15-6-8-16(41-5)9-7-15/h6-14,21-22,24-26,30-32,34-36,38-40H,1-5H3/t13-,14-,21-,22-,24+,25+,26+,30+,31-,32+/m1/s1. The van der Waals surface area contributed by atoms with E-state index in [0.717, 1.165) is 0 Å². The molecule has 2 saturated heterocycles. The molecular formula is C33H38O14. The van der Waals surface area contributed by atoms with Crippen LogP contribution >= 0.6 is 0 Å². The fourth-order valence-corrected chi connectivity index (χ4v) is 5.85. The predicted octanol–water partition coefficient (Wildman–Crippen LogP) is 1.42. The van der Waals surface area contributed by atoms with Crippen LogP contribution in [0.5, 0.6) is 23.0 Å². The number of benzene rings is 2. The number of phenolic OH excluding ortho intramolecular Hbond substituents is 1. The number of rotatable bonds is 6. The zero-order chi connectivity index (χ0) is 33.9. The molecule has 14 nitrogen and oxygen atoms in total. The molecule has 4 heterocycles. The van der Waals surface area contributed by atoms with Gasteiger partial charge in [-0.2, -0.15) is 0 Å². The lowest BCUT2D eigenvalue weighted by atomic mass is 9.98. The summed E-state index contributed by atoms with van der Waals surface area (Å²) in [4.78, 5) is 14.3. The Balaban J connectivity index is 1.48. The van der Waals surface area contributed by atoms with Crippen LogP contribution in [0.3, 0.4) is 0 Å². The van der Waals surface area contributed by atoms with Gasteiger partial charge >= 0.3 is 0 Å². The molecule has 6 rings (SSSR count). The molecule has 0 amide bonds. The summed E-state index contributed by atoms with van der Waals surface area (Å²) >= 11 is 0. The summed E-state index contributed by atoms with van der Waals surface area (Å²) in [6.07, 6.45) is -11.3. The second-order valence-corrected chi connectivity index (χ2v) is 12.5. The van der Waals surface area contributed by atoms with Crippen molar-refractivity contribution in [3.05, 3.63) is 52.2 Å². The number of methoxy groups -OCH3 is 1. The van der Waals surface area contributed by atoms with Gasteiger partial charge in [0.05, 0.1) is 24.9 Å². The molecule has 3 aliphatic rings. The van der Waals surface area contributed by atoms with Crippen molar-refractivity contribution < 1.29 is 63.5 Å². The van der Waals surface area contributed by atoms with Crippen LogP contribution in [0.25, 0.3) is 28.4 Å². The Bertz CT molecular complexity index is 1720. The molecule has 47 heavy (non-hydrogen) atoms. The van der Waals surface area contributed by atoms with E-state index in [9.17, 15) is 35.4 Å². The Morgan fingerprint density at radius 3 is 2.15 bits per heavy atom. The zero-order valence-corrected chi connectivity index (χ0v) is 26.3. The third-order valence-electron chi connectivity index (χ3n) is 8.60. The smallest absolute Gasteiger partial charge is 0.239 e. The van der Waals surface area contributed by atoms with E-state index < -0.39 is 83.9 Å². The highest BCUT2D eigenvalue weighted by Gasteiger charge is 2.50. The van der Waals surface area contributed by atoms with Crippen molar-refractivity contribution in [1.82, 2.24) is 0 Å². The summed E-state index contributed by atoms with van der Waals surface area (Å²) in [6.45, 7) is 6.58. The molecule has 0 saturated carbocycles. The van der Waals surface area contributed by atoms with E-state index in [1.807, 2.05) is 13.8 Å². The summed E-state index contributed by atoms with van der Waals surface area (Å²) in [7, 11) is 1.50. The van der Waals surface area contributed by atoms with E-state index in [-0.39, 0.29) is 16.7 Å². The third kappa shape index (κ3) is 5.96. The Morgan fingerprint density at radius 1 is 0.851 bits per heavy atom. The van der Waals surface area contributed by atoms with Gasteiger partial charge in [0.25, 0.3) is 0 Å². The maximum atomic E-state index is 14.3. The minimum absolute atomic E-state index is 0.0244. The van der Waals surface area contributed by atoms with Crippen LogP contribution in [0.2, 0.25) is 0 Å². The monoisotopic (exact) mass is 658 g/mol. The second kappa shape index (κ2) is 12.4. The molecule has 3 aliphatic heterocycles. The molecular weight excluding hydrogens is 620 g/mol. The van der Waals surface area contributed by atoms with Crippen molar-refractivity contribution in [2.24, 2.45) is 0 Å². The highest BCUT2D eigenvalue weighted by Crippen LogP contribution is 2.43. The summed E-state index contributed by atoms with van der Waals surface area (Å²) < 4.78 is 41.1. The molecule has 2 fully saturated rings. The lowest BCUT2D eigenvalue weighted by Crippen LogP contribution is -2.63. The fraction of sp³-hybridized carbons (Fsp3) is 0.485. The first-order chi connectivity index (χ1) is 22.2. The average molecular weight is 659 g/mol. The number of hydrogen-bond donors (Lipinski definition) is 6. The van der Waals surface area contributed by atoms with Crippen LogP contribution in [-0.2, 0) is 14.2 Å². The van der Waals surface area contributed by atoms with Crippen LogP contribution in [0.15, 0.2) is 45.6 Å². The van der Waals surface area contributed by atoms with E-state index in [2.05, 4.69) is 0 Å².